The van der Waals surface area contributed by atoms with Crippen molar-refractivity contribution >= 4 is 0 Å². The van der Waals surface area contributed by atoms with Crippen LogP contribution in [-0.2, 0) is 0 Å². The van der Waals surface area contributed by atoms with Crippen LogP contribution in [0.25, 0.3) is 11.1 Å². The van der Waals surface area contributed by atoms with Crippen LogP contribution >= 0.6 is 0 Å². The Morgan fingerprint density at radius 2 is 1.35 bits per heavy atom. The topological polar surface area (TPSA) is 12.0 Å². The zero-order valence-corrected chi connectivity index (χ0v) is 10.1. The molecular weight excluding hydrogens is 206 g/mol. The van der Waals surface area contributed by atoms with E-state index in [9.17, 15) is 0 Å². The molecule has 3 rings (SSSR count). The lowest BCUT2D eigenvalue weighted by atomic mass is 9.92. The van der Waals surface area contributed by atoms with E-state index >= 15 is 0 Å². The molecule has 1 N–H and O–H groups in total. The maximum atomic E-state index is 3.31. The van der Waals surface area contributed by atoms with E-state index in [1.165, 1.54) is 22.3 Å². The van der Waals surface area contributed by atoms with Crippen molar-refractivity contribution in [3.05, 3.63) is 59.7 Å². The second-order valence-corrected chi connectivity index (χ2v) is 4.84. The summed E-state index contributed by atoms with van der Waals surface area (Å²) >= 11 is 0. The molecule has 1 heterocycles. The van der Waals surface area contributed by atoms with Crippen molar-refractivity contribution in [1.82, 2.24) is 5.32 Å². The van der Waals surface area contributed by atoms with Gasteiger partial charge < -0.3 is 5.32 Å². The Balaban J connectivity index is 1.86. The predicted octanol–water partition coefficient (Wildman–Crippen LogP) is 3.35. The molecule has 0 atom stereocenters. The number of hydrogen-bond donors (Lipinski definition) is 1. The highest BCUT2D eigenvalue weighted by molar-refractivity contribution is 5.64. The maximum Gasteiger partial charge on any atom is 0.00885 e. The molecular formula is C16H17N. The van der Waals surface area contributed by atoms with Crippen molar-refractivity contribution in [2.75, 3.05) is 13.1 Å². The summed E-state index contributed by atoms with van der Waals surface area (Å²) in [4.78, 5) is 0. The molecule has 86 valence electrons. The molecule has 0 aromatic heterocycles. The number of hydrogen-bond acceptors (Lipinski definition) is 1. The predicted molar refractivity (Wildman–Crippen MR) is 72.2 cm³/mol. The molecule has 1 aliphatic heterocycles. The van der Waals surface area contributed by atoms with Crippen LogP contribution in [0, 0.1) is 6.92 Å². The summed E-state index contributed by atoms with van der Waals surface area (Å²) in [5.41, 5.74) is 5.38. The Morgan fingerprint density at radius 1 is 0.824 bits per heavy atom. The van der Waals surface area contributed by atoms with Gasteiger partial charge in [-0.05, 0) is 23.6 Å². The molecule has 1 saturated heterocycles. The van der Waals surface area contributed by atoms with Crippen LogP contribution in [-0.4, -0.2) is 13.1 Å². The zero-order valence-electron chi connectivity index (χ0n) is 10.1. The first-order valence-corrected chi connectivity index (χ1v) is 6.21. The third-order valence-electron chi connectivity index (χ3n) is 3.55. The SMILES string of the molecule is Cc1ccc(-c2ccc(C3CNC3)cc2)cc1. The van der Waals surface area contributed by atoms with Gasteiger partial charge in [0.15, 0.2) is 0 Å². The normalized spacial score (nSPS) is 15.6. The van der Waals surface area contributed by atoms with Crippen LogP contribution < -0.4 is 5.32 Å². The molecule has 1 heteroatoms. The Bertz CT molecular complexity index is 492. The fraction of sp³-hybridized carbons (Fsp3) is 0.250. The van der Waals surface area contributed by atoms with Crippen LogP contribution in [0.5, 0.6) is 0 Å². The molecule has 0 unspecified atom stereocenters. The quantitative estimate of drug-likeness (QED) is 0.823. The smallest absolute Gasteiger partial charge is 0.00885 e. The molecule has 0 bridgehead atoms. The largest absolute Gasteiger partial charge is 0.315 e. The molecule has 0 radical (unpaired) electrons. The fourth-order valence-corrected chi connectivity index (χ4v) is 2.22. The highest BCUT2D eigenvalue weighted by atomic mass is 14.9. The Hall–Kier alpha value is -1.60. The van der Waals surface area contributed by atoms with Gasteiger partial charge >= 0.3 is 0 Å². The minimum atomic E-state index is 0.724. The average molecular weight is 223 g/mol. The van der Waals surface area contributed by atoms with Crippen molar-refractivity contribution in [2.45, 2.75) is 12.8 Å². The van der Waals surface area contributed by atoms with Crippen LogP contribution in [0.4, 0.5) is 0 Å². The first kappa shape index (κ1) is 10.5. The van der Waals surface area contributed by atoms with Gasteiger partial charge in [0.25, 0.3) is 0 Å². The van der Waals surface area contributed by atoms with Crippen molar-refractivity contribution in [1.29, 1.82) is 0 Å². The molecule has 17 heavy (non-hydrogen) atoms. The number of nitrogens with one attached hydrogen (secondary N) is 1. The van der Waals surface area contributed by atoms with Gasteiger partial charge in [0.2, 0.25) is 0 Å². The lowest BCUT2D eigenvalue weighted by molar-refractivity contribution is 0.448. The summed E-state index contributed by atoms with van der Waals surface area (Å²) in [5, 5.41) is 3.31. The van der Waals surface area contributed by atoms with Gasteiger partial charge in [-0.1, -0.05) is 54.1 Å². The highest BCUT2D eigenvalue weighted by Gasteiger charge is 2.18. The molecule has 0 spiro atoms. The molecule has 1 nitrogen and oxygen atoms in total. The zero-order chi connectivity index (χ0) is 11.7. The summed E-state index contributed by atoms with van der Waals surface area (Å²) in [7, 11) is 0. The van der Waals surface area contributed by atoms with Gasteiger partial charge in [-0.25, -0.2) is 0 Å². The third kappa shape index (κ3) is 2.11. The molecule has 2 aromatic carbocycles. The van der Waals surface area contributed by atoms with Crippen molar-refractivity contribution in [3.63, 3.8) is 0 Å². The van der Waals surface area contributed by atoms with E-state index in [-0.39, 0.29) is 0 Å². The first-order chi connectivity index (χ1) is 8.33. The van der Waals surface area contributed by atoms with E-state index in [2.05, 4.69) is 60.8 Å². The molecule has 1 aliphatic rings. The second-order valence-electron chi connectivity index (χ2n) is 4.84. The first-order valence-electron chi connectivity index (χ1n) is 6.21. The van der Waals surface area contributed by atoms with Gasteiger partial charge in [0, 0.05) is 19.0 Å². The summed E-state index contributed by atoms with van der Waals surface area (Å²) in [6, 6.07) is 17.7. The third-order valence-corrected chi connectivity index (χ3v) is 3.55. The van der Waals surface area contributed by atoms with Crippen LogP contribution in [0.15, 0.2) is 48.5 Å². The van der Waals surface area contributed by atoms with Crippen molar-refractivity contribution in [3.8, 4) is 11.1 Å². The Kier molecular flexibility index (Phi) is 2.69. The van der Waals surface area contributed by atoms with Gasteiger partial charge in [-0.2, -0.15) is 0 Å². The second kappa shape index (κ2) is 4.34. The van der Waals surface area contributed by atoms with Gasteiger partial charge in [0.1, 0.15) is 0 Å². The molecule has 0 aliphatic carbocycles. The summed E-state index contributed by atoms with van der Waals surface area (Å²) < 4.78 is 0. The molecule has 0 saturated carbocycles. The molecule has 0 amide bonds. The van der Waals surface area contributed by atoms with E-state index < -0.39 is 0 Å². The summed E-state index contributed by atoms with van der Waals surface area (Å²) in [5.74, 6) is 0.724. The van der Waals surface area contributed by atoms with Crippen LogP contribution in [0.1, 0.15) is 17.0 Å². The van der Waals surface area contributed by atoms with E-state index in [1.807, 2.05) is 0 Å². The number of rotatable bonds is 2. The summed E-state index contributed by atoms with van der Waals surface area (Å²) in [6.45, 7) is 4.38. The maximum absolute atomic E-state index is 3.31. The Labute approximate surface area is 102 Å². The summed E-state index contributed by atoms with van der Waals surface area (Å²) in [6.07, 6.45) is 0. The lowest BCUT2D eigenvalue weighted by Gasteiger charge is -2.27. The van der Waals surface area contributed by atoms with Crippen LogP contribution in [0.2, 0.25) is 0 Å². The number of aryl methyl sites for hydroxylation is 1. The van der Waals surface area contributed by atoms with E-state index in [0.717, 1.165) is 19.0 Å². The van der Waals surface area contributed by atoms with Crippen LogP contribution in [0.3, 0.4) is 0 Å². The van der Waals surface area contributed by atoms with Crippen molar-refractivity contribution in [2.24, 2.45) is 0 Å². The minimum Gasteiger partial charge on any atom is -0.315 e. The average Bonchev–Trinajstić information content (AvgIpc) is 2.29. The van der Waals surface area contributed by atoms with E-state index in [1.54, 1.807) is 0 Å². The van der Waals surface area contributed by atoms with Gasteiger partial charge in [-0.3, -0.25) is 0 Å². The Morgan fingerprint density at radius 3 is 1.82 bits per heavy atom. The molecule has 2 aromatic rings. The monoisotopic (exact) mass is 223 g/mol. The van der Waals surface area contributed by atoms with Crippen molar-refractivity contribution < 1.29 is 0 Å². The standard InChI is InChI=1S/C16H17N/c1-12-2-4-13(5-3-12)14-6-8-15(9-7-14)16-10-17-11-16/h2-9,16-17H,10-11H2,1H3. The minimum absolute atomic E-state index is 0.724. The van der Waals surface area contributed by atoms with Gasteiger partial charge in [-0.15, -0.1) is 0 Å². The lowest BCUT2D eigenvalue weighted by Crippen LogP contribution is -2.39. The highest BCUT2D eigenvalue weighted by Crippen LogP contribution is 2.24. The van der Waals surface area contributed by atoms with E-state index in [4.69, 9.17) is 0 Å². The fourth-order valence-electron chi connectivity index (χ4n) is 2.22. The number of benzene rings is 2. The molecule has 1 fully saturated rings. The van der Waals surface area contributed by atoms with E-state index in [0.29, 0.717) is 0 Å². The van der Waals surface area contributed by atoms with Gasteiger partial charge in [0.05, 0.1) is 0 Å².